The topological polar surface area (TPSA) is 0 Å². The van der Waals surface area contributed by atoms with Crippen LogP contribution in [0.2, 0.25) is 5.04 Å². The van der Waals surface area contributed by atoms with Crippen LogP contribution in [-0.4, -0.2) is 8.07 Å². The molecule has 212 valence electrons. The fourth-order valence-corrected chi connectivity index (χ4v) is 10.6. The Hall–Kier alpha value is -2.96. The lowest BCUT2D eigenvalue weighted by atomic mass is 10.1. The van der Waals surface area contributed by atoms with Gasteiger partial charge in [0.15, 0.2) is 8.07 Å². The molecule has 0 saturated heterocycles. The van der Waals surface area contributed by atoms with Crippen LogP contribution in [0.1, 0.15) is 43.0 Å². The molecule has 0 radical (unpaired) electrons. The monoisotopic (exact) mass is 588 g/mol. The maximum atomic E-state index is 13.8. The van der Waals surface area contributed by atoms with Crippen molar-refractivity contribution in [1.82, 2.24) is 0 Å². The molecule has 0 saturated carbocycles. The fraction of sp³-hybridized carbons (Fsp3) is 0.308. The largest absolute Gasteiger partial charge is 0.416 e. The summed E-state index contributed by atoms with van der Waals surface area (Å²) in [4.78, 5) is 0. The van der Waals surface area contributed by atoms with Crippen LogP contribution < -0.4 is 15.6 Å². The second kappa shape index (κ2) is 9.60. The van der Waals surface area contributed by atoms with Gasteiger partial charge in [-0.2, -0.15) is 52.7 Å². The van der Waals surface area contributed by atoms with E-state index in [0.717, 1.165) is 0 Å². The minimum Gasteiger partial charge on any atom is -0.166 e. The van der Waals surface area contributed by atoms with Gasteiger partial charge in [-0.3, -0.25) is 0 Å². The molecule has 0 aromatic heterocycles. The van der Waals surface area contributed by atoms with Gasteiger partial charge in [-0.1, -0.05) is 51.1 Å². The van der Waals surface area contributed by atoms with Gasteiger partial charge in [-0.15, -0.1) is 0 Å². The summed E-state index contributed by atoms with van der Waals surface area (Å²) in [6.07, 6.45) is -21.2. The normalized spacial score (nSPS) is 14.0. The molecule has 39 heavy (non-hydrogen) atoms. The van der Waals surface area contributed by atoms with E-state index < -0.39 is 70.4 Å². The van der Waals surface area contributed by atoms with Crippen LogP contribution in [-0.2, 0) is 24.7 Å². The summed E-state index contributed by atoms with van der Waals surface area (Å²) in [5.74, 6) is 0. The van der Waals surface area contributed by atoms with Crippen LogP contribution in [0.25, 0.3) is 0 Å². The van der Waals surface area contributed by atoms with Crippen LogP contribution in [0.5, 0.6) is 0 Å². The smallest absolute Gasteiger partial charge is 0.166 e. The molecule has 3 aromatic carbocycles. The molecule has 0 atom stereocenters. The molecule has 0 spiro atoms. The predicted molar refractivity (Wildman–Crippen MR) is 124 cm³/mol. The molecular formula is C26H20F12Si. The number of hydrogen-bond donors (Lipinski definition) is 0. The van der Waals surface area contributed by atoms with Crippen molar-refractivity contribution in [2.45, 2.75) is 50.5 Å². The number of alkyl halides is 12. The first-order valence-electron chi connectivity index (χ1n) is 11.1. The number of benzene rings is 3. The van der Waals surface area contributed by atoms with Gasteiger partial charge in [0, 0.05) is 0 Å². The summed E-state index contributed by atoms with van der Waals surface area (Å²) in [5, 5.41) is -2.70. The van der Waals surface area contributed by atoms with Gasteiger partial charge in [-0.25, -0.2) is 0 Å². The summed E-state index contributed by atoms with van der Waals surface area (Å²) in [5.41, 5.74) is -6.92. The Kier molecular flexibility index (Phi) is 7.52. The summed E-state index contributed by atoms with van der Waals surface area (Å²) in [6.45, 7) is 4.10. The molecule has 0 heterocycles. The maximum Gasteiger partial charge on any atom is 0.416 e. The molecule has 0 amide bonds. The minimum absolute atomic E-state index is 0.0254. The van der Waals surface area contributed by atoms with E-state index in [1.54, 1.807) is 0 Å². The van der Waals surface area contributed by atoms with E-state index in [2.05, 4.69) is 0 Å². The van der Waals surface area contributed by atoms with Gasteiger partial charge in [-0.05, 0) is 57.0 Å². The number of halogens is 12. The van der Waals surface area contributed by atoms with E-state index in [1.165, 1.54) is 51.1 Å². The van der Waals surface area contributed by atoms with Crippen LogP contribution in [0.3, 0.4) is 0 Å². The lowest BCUT2D eigenvalue weighted by Gasteiger charge is -2.45. The van der Waals surface area contributed by atoms with Gasteiger partial charge < -0.3 is 0 Å². The summed E-state index contributed by atoms with van der Waals surface area (Å²) < 4.78 is 166. The average molecular weight is 589 g/mol. The van der Waals surface area contributed by atoms with Crippen molar-refractivity contribution < 1.29 is 52.7 Å². The van der Waals surface area contributed by atoms with E-state index >= 15 is 0 Å². The first kappa shape index (κ1) is 30.6. The molecule has 0 aliphatic heterocycles. The third-order valence-corrected chi connectivity index (χ3v) is 12.1. The number of hydrogen-bond acceptors (Lipinski definition) is 0. The van der Waals surface area contributed by atoms with E-state index in [0.29, 0.717) is 24.3 Å². The Balaban J connectivity index is 2.67. The molecule has 0 unspecified atom stereocenters. The first-order chi connectivity index (χ1) is 17.5. The highest BCUT2D eigenvalue weighted by Gasteiger charge is 2.52. The molecule has 0 aliphatic carbocycles. The minimum atomic E-state index is -5.30. The summed E-state index contributed by atoms with van der Waals surface area (Å²) in [6, 6.07) is 8.07. The second-order valence-corrected chi connectivity index (χ2v) is 14.7. The highest BCUT2D eigenvalue weighted by molar-refractivity contribution is 7.13. The molecule has 13 heteroatoms. The van der Waals surface area contributed by atoms with Crippen LogP contribution in [0.4, 0.5) is 52.7 Å². The molecule has 3 rings (SSSR count). The Morgan fingerprint density at radius 1 is 0.410 bits per heavy atom. The van der Waals surface area contributed by atoms with Gasteiger partial charge in [0.2, 0.25) is 0 Å². The first-order valence-corrected chi connectivity index (χ1v) is 13.1. The van der Waals surface area contributed by atoms with Gasteiger partial charge >= 0.3 is 24.7 Å². The average Bonchev–Trinajstić information content (AvgIpc) is 2.77. The zero-order valence-electron chi connectivity index (χ0n) is 20.4. The Morgan fingerprint density at radius 3 is 0.923 bits per heavy atom. The third-order valence-electron chi connectivity index (χ3n) is 6.37. The van der Waals surface area contributed by atoms with Crippen molar-refractivity contribution in [2.75, 3.05) is 0 Å². The summed E-state index contributed by atoms with van der Waals surface area (Å²) in [7, 11) is -4.57. The zero-order valence-corrected chi connectivity index (χ0v) is 21.4. The predicted octanol–water partition coefficient (Wildman–Crippen LogP) is 8.03. The van der Waals surface area contributed by atoms with Gasteiger partial charge in [0.05, 0.1) is 22.3 Å². The molecule has 0 fully saturated rings. The van der Waals surface area contributed by atoms with Crippen molar-refractivity contribution in [3.63, 3.8) is 0 Å². The SMILES string of the molecule is CC(C)(C)[Si](c1ccccc1)(c1cc(C(F)(F)F)cc(C(F)(F)F)c1)c1cc(C(F)(F)F)cc(C(F)(F)F)c1. The second-order valence-electron chi connectivity index (χ2n) is 9.96. The molecule has 0 N–H and O–H groups in total. The molecular weight excluding hydrogens is 568 g/mol. The van der Waals surface area contributed by atoms with Crippen molar-refractivity contribution in [2.24, 2.45) is 0 Å². The maximum absolute atomic E-state index is 13.8. The van der Waals surface area contributed by atoms with Crippen molar-refractivity contribution in [3.05, 3.63) is 89.0 Å². The quantitative estimate of drug-likeness (QED) is 0.165. The highest BCUT2D eigenvalue weighted by Crippen LogP contribution is 2.42. The lowest BCUT2D eigenvalue weighted by Crippen LogP contribution is -2.72. The lowest BCUT2D eigenvalue weighted by molar-refractivity contribution is -0.144. The molecule has 3 aromatic rings. The van der Waals surface area contributed by atoms with E-state index in [9.17, 15) is 52.7 Å². The Morgan fingerprint density at radius 2 is 0.692 bits per heavy atom. The van der Waals surface area contributed by atoms with Crippen LogP contribution in [0.15, 0.2) is 66.7 Å². The molecule has 0 bridgehead atoms. The molecule has 0 nitrogen and oxygen atoms in total. The van der Waals surface area contributed by atoms with E-state index in [1.807, 2.05) is 0 Å². The fourth-order valence-electron chi connectivity index (χ4n) is 4.83. The molecule has 0 aliphatic rings. The number of rotatable bonds is 3. The van der Waals surface area contributed by atoms with Crippen molar-refractivity contribution in [1.29, 1.82) is 0 Å². The van der Waals surface area contributed by atoms with Crippen molar-refractivity contribution >= 4 is 23.6 Å². The Labute approximate surface area is 216 Å². The van der Waals surface area contributed by atoms with E-state index in [-0.39, 0.29) is 17.3 Å². The van der Waals surface area contributed by atoms with Gasteiger partial charge in [0.1, 0.15) is 0 Å². The van der Waals surface area contributed by atoms with Crippen molar-refractivity contribution in [3.8, 4) is 0 Å². The standard InChI is InChI=1S/C26H20F12Si/c1-22(2,3)39(19-7-5-4-6-8-19,20-11-15(23(27,28)29)9-16(12-20)24(30,31)32)21-13-17(25(33,34)35)10-18(14-21)26(36,37)38/h4-14H,1-3H3. The zero-order chi connectivity index (χ0) is 29.8. The Bertz CT molecular complexity index is 1180. The van der Waals surface area contributed by atoms with Crippen LogP contribution >= 0.6 is 0 Å². The highest BCUT2D eigenvalue weighted by atomic mass is 28.3. The van der Waals surface area contributed by atoms with Crippen LogP contribution in [0, 0.1) is 0 Å². The van der Waals surface area contributed by atoms with Gasteiger partial charge in [0.25, 0.3) is 0 Å². The van der Waals surface area contributed by atoms with E-state index in [4.69, 9.17) is 0 Å². The third kappa shape index (κ3) is 5.97. The summed E-state index contributed by atoms with van der Waals surface area (Å²) >= 11 is 0.